The van der Waals surface area contributed by atoms with E-state index in [1.54, 1.807) is 0 Å². The number of aryl methyl sites for hydroxylation is 1. The summed E-state index contributed by atoms with van der Waals surface area (Å²) in [4.78, 5) is 0. The zero-order valence-corrected chi connectivity index (χ0v) is 9.57. The molecule has 0 bridgehead atoms. The second-order valence-corrected chi connectivity index (χ2v) is 4.34. The van der Waals surface area contributed by atoms with Crippen LogP contribution in [0.5, 0.6) is 0 Å². The normalized spacial score (nSPS) is 10.9. The predicted octanol–water partition coefficient (Wildman–Crippen LogP) is 4.27. The van der Waals surface area contributed by atoms with Gasteiger partial charge < -0.3 is 4.42 Å². The Morgan fingerprint density at radius 3 is 2.67 bits per heavy atom. The lowest BCUT2D eigenvalue weighted by Gasteiger charge is -1.94. The summed E-state index contributed by atoms with van der Waals surface area (Å²) in [5, 5.41) is 1.10. The van der Waals surface area contributed by atoms with Crippen LogP contribution >= 0.6 is 31.9 Å². The van der Waals surface area contributed by atoms with Gasteiger partial charge in [-0.15, -0.1) is 0 Å². The highest BCUT2D eigenvalue weighted by atomic mass is 79.9. The Morgan fingerprint density at radius 2 is 1.92 bits per heavy atom. The molecule has 3 heteroatoms. The first-order chi connectivity index (χ1) is 5.66. The number of furan rings is 1. The lowest BCUT2D eigenvalue weighted by Crippen LogP contribution is -1.72. The molecule has 0 N–H and O–H groups in total. The number of rotatable bonds is 0. The fourth-order valence-corrected chi connectivity index (χ4v) is 2.27. The van der Waals surface area contributed by atoms with E-state index in [0.717, 1.165) is 20.1 Å². The van der Waals surface area contributed by atoms with Crippen molar-refractivity contribution in [3.8, 4) is 0 Å². The van der Waals surface area contributed by atoms with E-state index in [0.29, 0.717) is 0 Å². The minimum absolute atomic E-state index is 0.767. The number of fused-ring (bicyclic) bond motifs is 1. The van der Waals surface area contributed by atoms with Crippen LogP contribution in [0.2, 0.25) is 0 Å². The molecule has 1 aromatic carbocycles. The van der Waals surface area contributed by atoms with Gasteiger partial charge in [0.2, 0.25) is 0 Å². The molecule has 0 spiro atoms. The van der Waals surface area contributed by atoms with Gasteiger partial charge in [-0.05, 0) is 40.5 Å². The van der Waals surface area contributed by atoms with Crippen LogP contribution in [0, 0.1) is 6.92 Å². The molecule has 62 valence electrons. The summed E-state index contributed by atoms with van der Waals surface area (Å²) in [5.41, 5.74) is 2.10. The SMILES string of the molecule is Cc1cc(Br)c2cc(Br)oc2c1. The van der Waals surface area contributed by atoms with Crippen LogP contribution in [-0.4, -0.2) is 0 Å². The largest absolute Gasteiger partial charge is 0.449 e. The van der Waals surface area contributed by atoms with Gasteiger partial charge in [0.25, 0.3) is 0 Å². The maximum absolute atomic E-state index is 5.42. The monoisotopic (exact) mass is 288 g/mol. The van der Waals surface area contributed by atoms with Gasteiger partial charge in [-0.2, -0.15) is 0 Å². The summed E-state index contributed by atoms with van der Waals surface area (Å²) in [5.74, 6) is 0. The van der Waals surface area contributed by atoms with Gasteiger partial charge >= 0.3 is 0 Å². The third kappa shape index (κ3) is 1.31. The second-order valence-electron chi connectivity index (χ2n) is 2.71. The van der Waals surface area contributed by atoms with E-state index < -0.39 is 0 Å². The molecule has 0 saturated carbocycles. The fourth-order valence-electron chi connectivity index (χ4n) is 1.19. The summed E-state index contributed by atoms with van der Waals surface area (Å²) in [6, 6.07) is 6.05. The highest BCUT2D eigenvalue weighted by Crippen LogP contribution is 2.30. The predicted molar refractivity (Wildman–Crippen MR) is 56.4 cm³/mol. The van der Waals surface area contributed by atoms with Crippen LogP contribution in [0.3, 0.4) is 0 Å². The molecule has 1 heterocycles. The topological polar surface area (TPSA) is 13.1 Å². The zero-order valence-electron chi connectivity index (χ0n) is 6.40. The van der Waals surface area contributed by atoms with Crippen molar-refractivity contribution >= 4 is 42.8 Å². The van der Waals surface area contributed by atoms with Crippen molar-refractivity contribution < 1.29 is 4.42 Å². The van der Waals surface area contributed by atoms with Crippen LogP contribution in [0.1, 0.15) is 5.56 Å². The molecular weight excluding hydrogens is 284 g/mol. The Bertz CT molecular complexity index is 431. The number of hydrogen-bond acceptors (Lipinski definition) is 1. The van der Waals surface area contributed by atoms with Crippen molar-refractivity contribution in [3.05, 3.63) is 32.9 Å². The maximum Gasteiger partial charge on any atom is 0.170 e. The van der Waals surface area contributed by atoms with Gasteiger partial charge in [0.15, 0.2) is 4.67 Å². The first-order valence-electron chi connectivity index (χ1n) is 3.52. The third-order valence-electron chi connectivity index (χ3n) is 1.70. The smallest absolute Gasteiger partial charge is 0.170 e. The zero-order chi connectivity index (χ0) is 8.72. The molecule has 2 rings (SSSR count). The number of hydrogen-bond donors (Lipinski definition) is 0. The first-order valence-corrected chi connectivity index (χ1v) is 5.10. The Morgan fingerprint density at radius 1 is 1.17 bits per heavy atom. The molecular formula is C9H6Br2O. The molecule has 0 aliphatic heterocycles. The Hall–Kier alpha value is -0.280. The molecule has 12 heavy (non-hydrogen) atoms. The summed E-state index contributed by atoms with van der Waals surface area (Å²) in [6.45, 7) is 2.04. The van der Waals surface area contributed by atoms with Crippen LogP contribution in [-0.2, 0) is 0 Å². The molecule has 0 saturated heterocycles. The molecule has 0 radical (unpaired) electrons. The second kappa shape index (κ2) is 2.89. The van der Waals surface area contributed by atoms with E-state index in [1.807, 2.05) is 19.1 Å². The van der Waals surface area contributed by atoms with Crippen molar-refractivity contribution in [1.82, 2.24) is 0 Å². The summed E-state index contributed by atoms with van der Waals surface area (Å²) in [7, 11) is 0. The van der Waals surface area contributed by atoms with Crippen molar-refractivity contribution in [1.29, 1.82) is 0 Å². The first kappa shape index (κ1) is 8.32. The average molecular weight is 290 g/mol. The Kier molecular flexibility index (Phi) is 2.00. The quantitative estimate of drug-likeness (QED) is 0.706. The van der Waals surface area contributed by atoms with Gasteiger partial charge in [0.1, 0.15) is 5.58 Å². The van der Waals surface area contributed by atoms with E-state index in [2.05, 4.69) is 37.9 Å². The van der Waals surface area contributed by atoms with E-state index in [1.165, 1.54) is 5.56 Å². The summed E-state index contributed by atoms with van der Waals surface area (Å²) in [6.07, 6.45) is 0. The summed E-state index contributed by atoms with van der Waals surface area (Å²) >= 11 is 6.78. The molecule has 0 aliphatic carbocycles. The molecule has 0 atom stereocenters. The minimum atomic E-state index is 0.767. The van der Waals surface area contributed by atoms with Gasteiger partial charge in [0.05, 0.1) is 0 Å². The number of halogens is 2. The van der Waals surface area contributed by atoms with Gasteiger partial charge in [-0.3, -0.25) is 0 Å². The van der Waals surface area contributed by atoms with E-state index in [4.69, 9.17) is 4.42 Å². The van der Waals surface area contributed by atoms with Crippen LogP contribution < -0.4 is 0 Å². The fraction of sp³-hybridized carbons (Fsp3) is 0.111. The lowest BCUT2D eigenvalue weighted by atomic mass is 10.2. The van der Waals surface area contributed by atoms with Crippen molar-refractivity contribution in [3.63, 3.8) is 0 Å². The van der Waals surface area contributed by atoms with Crippen molar-refractivity contribution in [2.75, 3.05) is 0 Å². The molecule has 1 nitrogen and oxygen atoms in total. The highest BCUT2D eigenvalue weighted by molar-refractivity contribution is 9.11. The Labute approximate surface area is 87.0 Å². The highest BCUT2D eigenvalue weighted by Gasteiger charge is 2.04. The van der Waals surface area contributed by atoms with Crippen molar-refractivity contribution in [2.24, 2.45) is 0 Å². The molecule has 2 aromatic rings. The molecule has 0 aliphatic rings. The van der Waals surface area contributed by atoms with Crippen LogP contribution in [0.4, 0.5) is 0 Å². The average Bonchev–Trinajstić information content (AvgIpc) is 2.29. The van der Waals surface area contributed by atoms with Gasteiger partial charge in [-0.1, -0.05) is 15.9 Å². The third-order valence-corrected chi connectivity index (χ3v) is 2.75. The maximum atomic E-state index is 5.42. The molecule has 1 aromatic heterocycles. The molecule has 0 fully saturated rings. The molecule has 0 unspecified atom stereocenters. The minimum Gasteiger partial charge on any atom is -0.449 e. The lowest BCUT2D eigenvalue weighted by molar-refractivity contribution is 0.587. The van der Waals surface area contributed by atoms with Crippen LogP contribution in [0.15, 0.2) is 31.8 Å². The van der Waals surface area contributed by atoms with Gasteiger partial charge in [0, 0.05) is 15.9 Å². The van der Waals surface area contributed by atoms with E-state index in [9.17, 15) is 0 Å². The molecule has 0 amide bonds. The van der Waals surface area contributed by atoms with Crippen LogP contribution in [0.25, 0.3) is 11.0 Å². The number of benzene rings is 1. The van der Waals surface area contributed by atoms with Crippen molar-refractivity contribution in [2.45, 2.75) is 6.92 Å². The van der Waals surface area contributed by atoms with Gasteiger partial charge in [-0.25, -0.2) is 0 Å². The Balaban J connectivity index is 2.88. The summed E-state index contributed by atoms with van der Waals surface area (Å²) < 4.78 is 7.26. The standard InChI is InChI=1S/C9H6Br2O/c1-5-2-7(10)6-4-9(11)12-8(6)3-5/h2-4H,1H3. The van der Waals surface area contributed by atoms with E-state index in [-0.39, 0.29) is 0 Å². The van der Waals surface area contributed by atoms with E-state index >= 15 is 0 Å².